The maximum atomic E-state index is 11.1. The van der Waals surface area contributed by atoms with Crippen LogP contribution in [0.3, 0.4) is 0 Å². The van der Waals surface area contributed by atoms with E-state index in [4.69, 9.17) is 10.2 Å². The van der Waals surface area contributed by atoms with Crippen LogP contribution in [0.25, 0.3) is 34.2 Å². The zero-order chi connectivity index (χ0) is 29.6. The number of nitrogens with zero attached hydrogens (tertiary/aromatic N) is 6. The van der Waals surface area contributed by atoms with Gasteiger partial charge in [0.05, 0.1) is 33.9 Å². The third-order valence-corrected chi connectivity index (χ3v) is 5.48. The third kappa shape index (κ3) is 9.24. The average Bonchev–Trinajstić information content (AvgIpc) is 3.07. The maximum absolute atomic E-state index is 11.1. The summed E-state index contributed by atoms with van der Waals surface area (Å²) in [6.45, 7) is 0. The normalized spacial score (nSPS) is 9.58. The van der Waals surface area contributed by atoms with E-state index in [1.54, 1.807) is 24.8 Å². The standard InChI is InChI=1S/C12H8N2O4.2C10H8N2.Ru/c15-11(16)7-3-1-5-13-9(7)10-8(12(17)18)4-2-6-14-10;2*1-3-7-11-9(5-1)10-6-2-4-8-12-10;/h1-6H,(H,15,16)(H,17,18);2*1-8H;. The Morgan fingerprint density at radius 3 is 0.907 bits per heavy atom. The van der Waals surface area contributed by atoms with Crippen LogP contribution in [0, 0.1) is 0 Å². The van der Waals surface area contributed by atoms with E-state index in [0.717, 1.165) is 22.8 Å². The van der Waals surface area contributed by atoms with Crippen molar-refractivity contribution < 1.29 is 39.3 Å². The van der Waals surface area contributed by atoms with Gasteiger partial charge in [-0.3, -0.25) is 29.9 Å². The fraction of sp³-hybridized carbons (Fsp3) is 0. The Morgan fingerprint density at radius 2 is 0.674 bits per heavy atom. The smallest absolute Gasteiger partial charge is 0.337 e. The first-order chi connectivity index (χ1) is 20.5. The molecule has 10 nitrogen and oxygen atoms in total. The second kappa shape index (κ2) is 16.7. The van der Waals surface area contributed by atoms with Gasteiger partial charge in [0.1, 0.15) is 11.4 Å². The van der Waals surface area contributed by atoms with Gasteiger partial charge in [0.2, 0.25) is 0 Å². The molecule has 0 aliphatic carbocycles. The molecule has 0 saturated carbocycles. The number of carbonyl (C=O) groups is 2. The zero-order valence-corrected chi connectivity index (χ0v) is 24.2. The van der Waals surface area contributed by atoms with E-state index in [2.05, 4.69) is 29.9 Å². The van der Waals surface area contributed by atoms with Gasteiger partial charge < -0.3 is 10.2 Å². The molecule has 11 heteroatoms. The van der Waals surface area contributed by atoms with Crippen LogP contribution < -0.4 is 0 Å². The van der Waals surface area contributed by atoms with Crippen LogP contribution in [0.4, 0.5) is 0 Å². The molecule has 6 rings (SSSR count). The summed E-state index contributed by atoms with van der Waals surface area (Å²) in [7, 11) is 0. The molecule has 0 aliphatic heterocycles. The predicted molar refractivity (Wildman–Crippen MR) is 156 cm³/mol. The molecular formula is C32H24N6O4Ru. The molecule has 43 heavy (non-hydrogen) atoms. The molecule has 0 atom stereocenters. The molecule has 0 aliphatic rings. The molecule has 0 amide bonds. The van der Waals surface area contributed by atoms with Crippen LogP contribution in [0.5, 0.6) is 0 Å². The first-order valence-electron chi connectivity index (χ1n) is 12.6. The van der Waals surface area contributed by atoms with Crippen molar-refractivity contribution in [2.45, 2.75) is 0 Å². The Morgan fingerprint density at radius 1 is 0.395 bits per heavy atom. The average molecular weight is 658 g/mol. The number of aromatic carboxylic acids is 2. The van der Waals surface area contributed by atoms with Crippen LogP contribution in [0.15, 0.2) is 134 Å². The van der Waals surface area contributed by atoms with Crippen LogP contribution in [0.1, 0.15) is 20.7 Å². The molecule has 0 saturated heterocycles. The summed E-state index contributed by atoms with van der Waals surface area (Å²) in [6, 6.07) is 28.8. The monoisotopic (exact) mass is 658 g/mol. The minimum absolute atomic E-state index is 0. The number of rotatable bonds is 5. The summed E-state index contributed by atoms with van der Waals surface area (Å²) in [6.07, 6.45) is 9.85. The summed E-state index contributed by atoms with van der Waals surface area (Å²) >= 11 is 0. The van der Waals surface area contributed by atoms with Crippen molar-refractivity contribution in [2.75, 3.05) is 0 Å². The van der Waals surface area contributed by atoms with E-state index in [0.29, 0.717) is 0 Å². The van der Waals surface area contributed by atoms with Gasteiger partial charge in [-0.05, 0) is 72.8 Å². The molecule has 214 valence electrons. The molecule has 0 unspecified atom stereocenters. The number of aromatic nitrogens is 6. The molecule has 6 aromatic heterocycles. The van der Waals surface area contributed by atoms with Crippen LogP contribution in [-0.2, 0) is 19.5 Å². The van der Waals surface area contributed by atoms with Crippen molar-refractivity contribution in [3.8, 4) is 34.2 Å². The first kappa shape index (κ1) is 32.0. The largest absolute Gasteiger partial charge is 0.478 e. The topological polar surface area (TPSA) is 152 Å². The van der Waals surface area contributed by atoms with E-state index < -0.39 is 11.9 Å². The summed E-state index contributed by atoms with van der Waals surface area (Å²) in [4.78, 5) is 46.7. The molecule has 0 bridgehead atoms. The van der Waals surface area contributed by atoms with Gasteiger partial charge in [-0.2, -0.15) is 0 Å². The number of carboxylic acids is 2. The Balaban J connectivity index is 0.000000180. The second-order valence-electron chi connectivity index (χ2n) is 8.27. The fourth-order valence-corrected chi connectivity index (χ4v) is 3.59. The van der Waals surface area contributed by atoms with Gasteiger partial charge in [-0.1, -0.05) is 24.3 Å². The molecule has 0 aromatic carbocycles. The number of pyridine rings is 6. The van der Waals surface area contributed by atoms with E-state index in [1.807, 2.05) is 72.8 Å². The molecule has 0 spiro atoms. The predicted octanol–water partition coefficient (Wildman–Crippen LogP) is 5.82. The molecular weight excluding hydrogens is 633 g/mol. The van der Waals surface area contributed by atoms with Gasteiger partial charge in [0.15, 0.2) is 0 Å². The van der Waals surface area contributed by atoms with E-state index >= 15 is 0 Å². The van der Waals surface area contributed by atoms with Gasteiger partial charge in [-0.25, -0.2) is 9.59 Å². The minimum Gasteiger partial charge on any atom is -0.478 e. The maximum Gasteiger partial charge on any atom is 0.337 e. The van der Waals surface area contributed by atoms with E-state index in [9.17, 15) is 9.59 Å². The number of hydrogen-bond donors (Lipinski definition) is 2. The Kier molecular flexibility index (Phi) is 12.4. The van der Waals surface area contributed by atoms with Crippen molar-refractivity contribution in [1.29, 1.82) is 0 Å². The van der Waals surface area contributed by atoms with Gasteiger partial charge in [0, 0.05) is 56.7 Å². The van der Waals surface area contributed by atoms with Crippen molar-refractivity contribution in [2.24, 2.45) is 0 Å². The SMILES string of the molecule is O=C(O)c1cccnc1-c1ncccc1C(=O)O.[Ru].c1ccc(-c2ccccn2)nc1.c1ccc(-c2ccccn2)nc1. The van der Waals surface area contributed by atoms with Crippen molar-refractivity contribution in [3.05, 3.63) is 145 Å². The van der Waals surface area contributed by atoms with Crippen LogP contribution in [0.2, 0.25) is 0 Å². The van der Waals surface area contributed by atoms with Gasteiger partial charge in [0.25, 0.3) is 0 Å². The molecule has 6 heterocycles. The van der Waals surface area contributed by atoms with Gasteiger partial charge in [-0.15, -0.1) is 0 Å². The summed E-state index contributed by atoms with van der Waals surface area (Å²) in [5.41, 5.74) is 3.58. The zero-order valence-electron chi connectivity index (χ0n) is 22.4. The Bertz CT molecular complexity index is 1520. The molecule has 2 N–H and O–H groups in total. The quantitative estimate of drug-likeness (QED) is 0.217. The summed E-state index contributed by atoms with van der Waals surface area (Å²) in [5, 5.41) is 18.1. The van der Waals surface area contributed by atoms with E-state index in [-0.39, 0.29) is 42.0 Å². The summed E-state index contributed by atoms with van der Waals surface area (Å²) in [5.74, 6) is -2.36. The second-order valence-corrected chi connectivity index (χ2v) is 8.27. The Hall–Kier alpha value is -5.54. The van der Waals surface area contributed by atoms with Crippen LogP contribution in [-0.4, -0.2) is 52.1 Å². The van der Waals surface area contributed by atoms with Gasteiger partial charge >= 0.3 is 11.9 Å². The molecule has 6 aromatic rings. The third-order valence-electron chi connectivity index (χ3n) is 5.48. The first-order valence-corrected chi connectivity index (χ1v) is 12.6. The van der Waals surface area contributed by atoms with Crippen molar-refractivity contribution in [3.63, 3.8) is 0 Å². The molecule has 0 radical (unpaired) electrons. The molecule has 0 fully saturated rings. The number of carboxylic acid groups (broad SMARTS) is 2. The van der Waals surface area contributed by atoms with Crippen molar-refractivity contribution >= 4 is 11.9 Å². The minimum atomic E-state index is -1.18. The van der Waals surface area contributed by atoms with E-state index in [1.165, 1.54) is 36.7 Å². The summed E-state index contributed by atoms with van der Waals surface area (Å²) < 4.78 is 0. The fourth-order valence-electron chi connectivity index (χ4n) is 3.59. The number of hydrogen-bond acceptors (Lipinski definition) is 8. The van der Waals surface area contributed by atoms with Crippen LogP contribution >= 0.6 is 0 Å². The Labute approximate surface area is 260 Å². The van der Waals surface area contributed by atoms with Crippen molar-refractivity contribution in [1.82, 2.24) is 29.9 Å².